The monoisotopic (exact) mass is 293 g/mol. The van der Waals surface area contributed by atoms with Crippen LogP contribution in [0.3, 0.4) is 0 Å². The van der Waals surface area contributed by atoms with Gasteiger partial charge in [-0.25, -0.2) is 4.39 Å². The van der Waals surface area contributed by atoms with E-state index in [2.05, 4.69) is 21.2 Å². The fraction of sp³-hybridized carbons (Fsp3) is 0.455. The first kappa shape index (κ1) is 11.9. The smallest absolute Gasteiger partial charge is 0.291 e. The number of hydrogen-bond acceptors (Lipinski definition) is 1. The number of nitrogens with one attached hydrogen (secondary N) is 1. The summed E-state index contributed by atoms with van der Waals surface area (Å²) in [5.74, 6) is -4.02. The summed E-state index contributed by atoms with van der Waals surface area (Å²) in [5, 5.41) is 2.71. The van der Waals surface area contributed by atoms with E-state index in [1.807, 2.05) is 0 Å². The van der Waals surface area contributed by atoms with E-state index in [9.17, 15) is 13.2 Å². The van der Waals surface area contributed by atoms with E-state index in [4.69, 9.17) is 0 Å². The maximum absolute atomic E-state index is 14.0. The van der Waals surface area contributed by atoms with Gasteiger partial charge in [0.05, 0.1) is 11.6 Å². The molecular weight excluding hydrogens is 283 g/mol. The Morgan fingerprint density at radius 1 is 1.38 bits per heavy atom. The molecule has 1 atom stereocenters. The number of halogens is 4. The third-order valence-electron chi connectivity index (χ3n) is 2.79. The van der Waals surface area contributed by atoms with Crippen LogP contribution < -0.4 is 5.32 Å². The zero-order chi connectivity index (χ0) is 11.8. The lowest BCUT2D eigenvalue weighted by Crippen LogP contribution is -2.39. The molecule has 1 fully saturated rings. The van der Waals surface area contributed by atoms with Crippen molar-refractivity contribution in [1.29, 1.82) is 0 Å². The molecule has 1 nitrogen and oxygen atoms in total. The molecule has 0 amide bonds. The second-order valence-corrected chi connectivity index (χ2v) is 4.81. The van der Waals surface area contributed by atoms with Gasteiger partial charge in [-0.05, 0) is 37.6 Å². The van der Waals surface area contributed by atoms with Crippen molar-refractivity contribution in [1.82, 2.24) is 5.32 Å². The third kappa shape index (κ3) is 2.11. The molecule has 1 aromatic rings. The van der Waals surface area contributed by atoms with Crippen molar-refractivity contribution in [3.8, 4) is 0 Å². The molecule has 1 N–H and O–H groups in total. The molecule has 0 aromatic heterocycles. The molecule has 1 unspecified atom stereocenters. The molecule has 1 aliphatic rings. The maximum Gasteiger partial charge on any atom is 0.291 e. The van der Waals surface area contributed by atoms with Crippen LogP contribution in [0.1, 0.15) is 18.4 Å². The lowest BCUT2D eigenvalue weighted by Gasteiger charge is -2.24. The van der Waals surface area contributed by atoms with Crippen LogP contribution in [0.5, 0.6) is 0 Å². The van der Waals surface area contributed by atoms with Crippen molar-refractivity contribution in [2.24, 2.45) is 0 Å². The van der Waals surface area contributed by atoms with Crippen molar-refractivity contribution in [2.45, 2.75) is 24.8 Å². The first-order chi connectivity index (χ1) is 7.51. The first-order valence-electron chi connectivity index (χ1n) is 5.08. The van der Waals surface area contributed by atoms with Gasteiger partial charge in [0, 0.05) is 4.47 Å². The standard InChI is InChI=1S/C11H11BrF3N/c12-7-3-4-9(13)8(6-7)11(14,15)10-2-1-5-16-10/h3-4,6,10,16H,1-2,5H2. The van der Waals surface area contributed by atoms with Gasteiger partial charge in [0.1, 0.15) is 5.82 Å². The minimum atomic E-state index is -3.16. The number of hydrogen-bond donors (Lipinski definition) is 1. The van der Waals surface area contributed by atoms with Crippen LogP contribution >= 0.6 is 15.9 Å². The van der Waals surface area contributed by atoms with Crippen molar-refractivity contribution in [2.75, 3.05) is 6.54 Å². The van der Waals surface area contributed by atoms with Crippen LogP contribution in [0, 0.1) is 5.82 Å². The quantitative estimate of drug-likeness (QED) is 0.881. The average molecular weight is 294 g/mol. The molecular formula is C11H11BrF3N. The van der Waals surface area contributed by atoms with Crippen LogP contribution in [0.25, 0.3) is 0 Å². The maximum atomic E-state index is 14.0. The van der Waals surface area contributed by atoms with E-state index in [1.54, 1.807) is 0 Å². The normalized spacial score (nSPS) is 21.4. The lowest BCUT2D eigenvalue weighted by atomic mass is 9.99. The molecule has 1 heterocycles. The van der Waals surface area contributed by atoms with Crippen LogP contribution in [-0.2, 0) is 5.92 Å². The van der Waals surface area contributed by atoms with Gasteiger partial charge >= 0.3 is 0 Å². The highest BCUT2D eigenvalue weighted by atomic mass is 79.9. The molecule has 0 aliphatic carbocycles. The highest BCUT2D eigenvalue weighted by molar-refractivity contribution is 9.10. The minimum Gasteiger partial charge on any atom is -0.308 e. The Bertz CT molecular complexity index is 389. The summed E-state index contributed by atoms with van der Waals surface area (Å²) in [5.41, 5.74) is -0.540. The molecule has 5 heteroatoms. The Balaban J connectivity index is 2.37. The number of alkyl halides is 2. The van der Waals surface area contributed by atoms with Gasteiger partial charge in [0.2, 0.25) is 0 Å². The summed E-state index contributed by atoms with van der Waals surface area (Å²) in [6.07, 6.45) is 1.08. The largest absolute Gasteiger partial charge is 0.308 e. The molecule has 0 spiro atoms. The van der Waals surface area contributed by atoms with E-state index in [0.717, 1.165) is 12.1 Å². The second kappa shape index (κ2) is 4.37. The number of benzene rings is 1. The Morgan fingerprint density at radius 2 is 2.12 bits per heavy atom. The summed E-state index contributed by atoms with van der Waals surface area (Å²) in [7, 11) is 0. The first-order valence-corrected chi connectivity index (χ1v) is 5.88. The van der Waals surface area contributed by atoms with Gasteiger partial charge in [-0.1, -0.05) is 15.9 Å². The van der Waals surface area contributed by atoms with E-state index >= 15 is 0 Å². The average Bonchev–Trinajstić information content (AvgIpc) is 2.75. The molecule has 0 bridgehead atoms. The van der Waals surface area contributed by atoms with Crippen molar-refractivity contribution < 1.29 is 13.2 Å². The van der Waals surface area contributed by atoms with Gasteiger partial charge in [-0.3, -0.25) is 0 Å². The van der Waals surface area contributed by atoms with Gasteiger partial charge < -0.3 is 5.32 Å². The molecule has 1 aliphatic heterocycles. The highest BCUT2D eigenvalue weighted by Crippen LogP contribution is 2.37. The van der Waals surface area contributed by atoms with Gasteiger partial charge in [0.15, 0.2) is 0 Å². The van der Waals surface area contributed by atoms with Gasteiger partial charge in [0.25, 0.3) is 5.92 Å². The summed E-state index contributed by atoms with van der Waals surface area (Å²) in [4.78, 5) is 0. The van der Waals surface area contributed by atoms with Gasteiger partial charge in [-0.2, -0.15) is 8.78 Å². The fourth-order valence-corrected chi connectivity index (χ4v) is 2.30. The van der Waals surface area contributed by atoms with Gasteiger partial charge in [-0.15, -0.1) is 0 Å². The van der Waals surface area contributed by atoms with Crippen molar-refractivity contribution >= 4 is 15.9 Å². The topological polar surface area (TPSA) is 12.0 Å². The van der Waals surface area contributed by atoms with Crippen molar-refractivity contribution in [3.63, 3.8) is 0 Å². The molecule has 1 aromatic carbocycles. The Morgan fingerprint density at radius 3 is 2.75 bits per heavy atom. The summed E-state index contributed by atoms with van der Waals surface area (Å²) >= 11 is 3.08. The minimum absolute atomic E-state index is 0.374. The van der Waals surface area contributed by atoms with Crippen LogP contribution in [0.2, 0.25) is 0 Å². The third-order valence-corrected chi connectivity index (χ3v) is 3.28. The zero-order valence-corrected chi connectivity index (χ0v) is 10.0. The van der Waals surface area contributed by atoms with Crippen LogP contribution in [0.15, 0.2) is 22.7 Å². The van der Waals surface area contributed by atoms with Crippen LogP contribution in [0.4, 0.5) is 13.2 Å². The molecule has 0 radical (unpaired) electrons. The highest BCUT2D eigenvalue weighted by Gasteiger charge is 2.44. The molecule has 2 rings (SSSR count). The fourth-order valence-electron chi connectivity index (χ4n) is 1.93. The summed E-state index contributed by atoms with van der Waals surface area (Å²) < 4.78 is 41.8. The predicted octanol–water partition coefficient (Wildman–Crippen LogP) is 3.43. The predicted molar refractivity (Wildman–Crippen MR) is 59.0 cm³/mol. The Hall–Kier alpha value is -0.550. The van der Waals surface area contributed by atoms with Crippen LogP contribution in [-0.4, -0.2) is 12.6 Å². The summed E-state index contributed by atoms with van der Waals surface area (Å²) in [6, 6.07) is 2.66. The zero-order valence-electron chi connectivity index (χ0n) is 8.44. The van der Waals surface area contributed by atoms with E-state index in [0.29, 0.717) is 23.9 Å². The van der Waals surface area contributed by atoms with E-state index in [-0.39, 0.29) is 0 Å². The van der Waals surface area contributed by atoms with Crippen molar-refractivity contribution in [3.05, 3.63) is 34.1 Å². The Kier molecular flexibility index (Phi) is 3.26. The lowest BCUT2D eigenvalue weighted by molar-refractivity contribution is -0.0407. The Labute approximate surface area is 100 Å². The molecule has 0 saturated carbocycles. The molecule has 1 saturated heterocycles. The second-order valence-electron chi connectivity index (χ2n) is 3.90. The summed E-state index contributed by atoms with van der Waals surface area (Å²) in [6.45, 7) is 0.565. The SMILES string of the molecule is Fc1ccc(Br)cc1C(F)(F)C1CCCN1. The number of rotatable bonds is 2. The van der Waals surface area contributed by atoms with E-state index in [1.165, 1.54) is 6.07 Å². The molecule has 88 valence electrons. The van der Waals surface area contributed by atoms with E-state index < -0.39 is 23.3 Å². The molecule has 16 heavy (non-hydrogen) atoms.